The van der Waals surface area contributed by atoms with Crippen LogP contribution in [0.2, 0.25) is 0 Å². The van der Waals surface area contributed by atoms with Gasteiger partial charge in [-0.2, -0.15) is 0 Å². The molecular weight excluding hydrogens is 230 g/mol. The summed E-state index contributed by atoms with van der Waals surface area (Å²) in [6, 6.07) is 4.05. The van der Waals surface area contributed by atoms with Crippen LogP contribution in [0, 0.1) is 5.92 Å². The van der Waals surface area contributed by atoms with Gasteiger partial charge in [0.25, 0.3) is 0 Å². The molecule has 0 aliphatic carbocycles. The van der Waals surface area contributed by atoms with Crippen LogP contribution in [0.1, 0.15) is 37.7 Å². The summed E-state index contributed by atoms with van der Waals surface area (Å²) in [4.78, 5) is 13.0. The van der Waals surface area contributed by atoms with Crippen LogP contribution < -0.4 is 0 Å². The number of furan rings is 1. The number of piperidine rings is 1. The number of hydrogen-bond acceptors (Lipinski definition) is 3. The number of carboxylic acid groups (broad SMARTS) is 1. The van der Waals surface area contributed by atoms with E-state index in [2.05, 4.69) is 11.8 Å². The first-order valence-electron chi connectivity index (χ1n) is 6.69. The third-order valence-electron chi connectivity index (χ3n) is 3.51. The van der Waals surface area contributed by atoms with E-state index in [1.807, 2.05) is 12.1 Å². The molecule has 0 aromatic carbocycles. The van der Waals surface area contributed by atoms with Crippen LogP contribution in [0.5, 0.6) is 0 Å². The third-order valence-corrected chi connectivity index (χ3v) is 3.51. The van der Waals surface area contributed by atoms with Crippen molar-refractivity contribution in [3.8, 4) is 0 Å². The smallest absolute Gasteiger partial charge is 0.303 e. The number of carbonyl (C=O) groups is 1. The van der Waals surface area contributed by atoms with Gasteiger partial charge in [0.1, 0.15) is 11.5 Å². The molecule has 2 heterocycles. The predicted octanol–water partition coefficient (Wildman–Crippen LogP) is 2.53. The number of carboxylic acids is 1. The van der Waals surface area contributed by atoms with E-state index in [-0.39, 0.29) is 12.3 Å². The Morgan fingerprint density at radius 2 is 2.28 bits per heavy atom. The second-order valence-electron chi connectivity index (χ2n) is 5.06. The lowest BCUT2D eigenvalue weighted by Crippen LogP contribution is -2.35. The molecule has 1 fully saturated rings. The summed E-state index contributed by atoms with van der Waals surface area (Å²) in [5.74, 6) is 1.61. The van der Waals surface area contributed by atoms with E-state index in [9.17, 15) is 4.79 Å². The Hall–Kier alpha value is -1.29. The van der Waals surface area contributed by atoms with Crippen LogP contribution in [0.25, 0.3) is 0 Å². The number of rotatable bonds is 5. The molecule has 1 saturated heterocycles. The highest BCUT2D eigenvalue weighted by Crippen LogP contribution is 2.21. The molecule has 0 bridgehead atoms. The van der Waals surface area contributed by atoms with Crippen molar-refractivity contribution in [3.05, 3.63) is 23.7 Å². The molecule has 0 radical (unpaired) electrons. The maximum atomic E-state index is 10.7. The van der Waals surface area contributed by atoms with E-state index >= 15 is 0 Å². The minimum absolute atomic E-state index is 0.287. The molecule has 1 unspecified atom stereocenters. The summed E-state index contributed by atoms with van der Waals surface area (Å²) >= 11 is 0. The van der Waals surface area contributed by atoms with Gasteiger partial charge in [-0.3, -0.25) is 9.69 Å². The fourth-order valence-electron chi connectivity index (χ4n) is 2.63. The molecule has 1 atom stereocenters. The van der Waals surface area contributed by atoms with Crippen molar-refractivity contribution >= 4 is 5.97 Å². The molecule has 4 nitrogen and oxygen atoms in total. The van der Waals surface area contributed by atoms with Crippen LogP contribution in [0.15, 0.2) is 16.5 Å². The fraction of sp³-hybridized carbons (Fsp3) is 0.643. The van der Waals surface area contributed by atoms with Crippen LogP contribution in [0.3, 0.4) is 0 Å². The molecule has 4 heteroatoms. The first-order chi connectivity index (χ1) is 8.67. The van der Waals surface area contributed by atoms with Crippen LogP contribution >= 0.6 is 0 Å². The second kappa shape index (κ2) is 6.05. The van der Waals surface area contributed by atoms with Gasteiger partial charge < -0.3 is 9.52 Å². The highest BCUT2D eigenvalue weighted by molar-refractivity contribution is 5.67. The lowest BCUT2D eigenvalue weighted by Gasteiger charge is -2.31. The molecule has 1 aromatic rings. The van der Waals surface area contributed by atoms with Gasteiger partial charge in [0.15, 0.2) is 0 Å². The Bertz CT molecular complexity index is 399. The van der Waals surface area contributed by atoms with E-state index in [4.69, 9.17) is 9.52 Å². The molecule has 0 saturated carbocycles. The minimum atomic E-state index is -0.687. The summed E-state index contributed by atoms with van der Waals surface area (Å²) in [5, 5.41) is 8.84. The van der Waals surface area contributed by atoms with Gasteiger partial charge in [-0.25, -0.2) is 0 Å². The monoisotopic (exact) mass is 251 g/mol. The summed E-state index contributed by atoms with van der Waals surface area (Å²) in [7, 11) is 0. The van der Waals surface area contributed by atoms with Crippen LogP contribution in [-0.2, 0) is 17.8 Å². The normalized spacial score (nSPS) is 21.1. The van der Waals surface area contributed by atoms with Crippen molar-refractivity contribution in [2.24, 2.45) is 5.92 Å². The Labute approximate surface area is 108 Å². The van der Waals surface area contributed by atoms with Crippen LogP contribution in [0.4, 0.5) is 0 Å². The molecule has 1 N–H and O–H groups in total. The van der Waals surface area contributed by atoms with Crippen molar-refractivity contribution in [2.75, 3.05) is 13.1 Å². The van der Waals surface area contributed by atoms with E-state index < -0.39 is 5.97 Å². The van der Waals surface area contributed by atoms with Gasteiger partial charge in [-0.1, -0.05) is 6.92 Å². The predicted molar refractivity (Wildman–Crippen MR) is 68.3 cm³/mol. The average Bonchev–Trinajstić information content (AvgIpc) is 2.76. The van der Waals surface area contributed by atoms with Crippen molar-refractivity contribution in [2.45, 2.75) is 39.2 Å². The summed E-state index contributed by atoms with van der Waals surface area (Å²) in [6.07, 6.45) is 3.32. The van der Waals surface area contributed by atoms with Crippen molar-refractivity contribution in [1.29, 1.82) is 0 Å². The largest absolute Gasteiger partial charge is 0.481 e. The first-order valence-corrected chi connectivity index (χ1v) is 6.69. The minimum Gasteiger partial charge on any atom is -0.481 e. The summed E-state index contributed by atoms with van der Waals surface area (Å²) in [6.45, 7) is 4.79. The van der Waals surface area contributed by atoms with E-state index in [0.29, 0.717) is 0 Å². The zero-order valence-corrected chi connectivity index (χ0v) is 10.9. The topological polar surface area (TPSA) is 53.7 Å². The molecule has 18 heavy (non-hydrogen) atoms. The highest BCUT2D eigenvalue weighted by Gasteiger charge is 2.22. The molecule has 2 rings (SSSR count). The van der Waals surface area contributed by atoms with Crippen molar-refractivity contribution in [1.82, 2.24) is 4.90 Å². The van der Waals surface area contributed by atoms with Crippen molar-refractivity contribution in [3.63, 3.8) is 0 Å². The van der Waals surface area contributed by atoms with E-state index in [1.54, 1.807) is 0 Å². The highest BCUT2D eigenvalue weighted by atomic mass is 16.4. The lowest BCUT2D eigenvalue weighted by molar-refractivity contribution is -0.138. The Morgan fingerprint density at radius 3 is 2.94 bits per heavy atom. The molecule has 0 amide bonds. The SMILES string of the molecule is CCc1ccc(CN2CCCC(CC(=O)O)C2)o1. The lowest BCUT2D eigenvalue weighted by atomic mass is 9.95. The van der Waals surface area contributed by atoms with Crippen molar-refractivity contribution < 1.29 is 14.3 Å². The van der Waals surface area contributed by atoms with E-state index in [1.165, 1.54) is 0 Å². The number of aryl methyl sites for hydroxylation is 1. The molecule has 100 valence electrons. The Balaban J connectivity index is 1.87. The molecule has 1 aliphatic rings. The van der Waals surface area contributed by atoms with E-state index in [0.717, 1.165) is 50.4 Å². The molecule has 1 aliphatic heterocycles. The fourth-order valence-corrected chi connectivity index (χ4v) is 2.63. The first kappa shape index (κ1) is 13.1. The number of hydrogen-bond donors (Lipinski definition) is 1. The maximum Gasteiger partial charge on any atom is 0.303 e. The van der Waals surface area contributed by atoms with Gasteiger partial charge in [0.05, 0.1) is 6.54 Å². The number of likely N-dealkylation sites (tertiary alicyclic amines) is 1. The maximum absolute atomic E-state index is 10.7. The number of nitrogens with zero attached hydrogens (tertiary/aromatic N) is 1. The Kier molecular flexibility index (Phi) is 4.42. The standard InChI is InChI=1S/C14H21NO3/c1-2-12-5-6-13(18-12)10-15-7-3-4-11(9-15)8-14(16)17/h5-6,11H,2-4,7-10H2,1H3,(H,16,17). The van der Waals surface area contributed by atoms with Gasteiger partial charge >= 0.3 is 5.97 Å². The number of aliphatic carboxylic acids is 1. The molecule has 0 spiro atoms. The van der Waals surface area contributed by atoms with Gasteiger partial charge in [0, 0.05) is 19.4 Å². The van der Waals surface area contributed by atoms with Gasteiger partial charge in [-0.15, -0.1) is 0 Å². The molecular formula is C14H21NO3. The van der Waals surface area contributed by atoms with Gasteiger partial charge in [-0.05, 0) is 37.4 Å². The summed E-state index contributed by atoms with van der Waals surface area (Å²) in [5.41, 5.74) is 0. The third kappa shape index (κ3) is 3.60. The average molecular weight is 251 g/mol. The Morgan fingerprint density at radius 1 is 1.50 bits per heavy atom. The summed E-state index contributed by atoms with van der Waals surface area (Å²) < 4.78 is 5.69. The molecule has 1 aromatic heterocycles. The van der Waals surface area contributed by atoms with Gasteiger partial charge in [0.2, 0.25) is 0 Å². The zero-order valence-electron chi connectivity index (χ0n) is 10.9. The second-order valence-corrected chi connectivity index (χ2v) is 5.06. The quantitative estimate of drug-likeness (QED) is 0.873. The van der Waals surface area contributed by atoms with Crippen LogP contribution in [-0.4, -0.2) is 29.1 Å². The zero-order chi connectivity index (χ0) is 13.0.